The molecule has 0 spiro atoms. The minimum absolute atomic E-state index is 0.0151. The monoisotopic (exact) mass is 1190 g/mol. The highest BCUT2D eigenvalue weighted by Crippen LogP contribution is 2.55. The molecule has 21 nitrogen and oxygen atoms in total. The van der Waals surface area contributed by atoms with Gasteiger partial charge in [-0.1, -0.05) is 52.5 Å². The summed E-state index contributed by atoms with van der Waals surface area (Å²) in [5.41, 5.74) is -2.29. The number of amides is 1. The molecule has 0 radical (unpaired) electrons. The number of aliphatic hydroxyl groups excluding tert-OH is 3. The maximum absolute atomic E-state index is 16.1. The lowest BCUT2D eigenvalue weighted by Gasteiger charge is -2.38. The number of aromatic hydroxyl groups is 3. The smallest absolute Gasteiger partial charge is 0.312 e. The van der Waals surface area contributed by atoms with Crippen molar-refractivity contribution >= 4 is 62.9 Å². The van der Waals surface area contributed by atoms with Crippen molar-refractivity contribution in [2.24, 2.45) is 28.8 Å². The molecule has 2 aromatic heterocycles. The Morgan fingerprint density at radius 2 is 1.63 bits per heavy atom. The molecule has 7 heterocycles. The normalized spacial score (nSPS) is 27.5. The number of ketones is 1. The van der Waals surface area contributed by atoms with E-state index >= 15 is 8.78 Å². The highest BCUT2D eigenvalue weighted by Gasteiger charge is 2.50. The first-order valence-electron chi connectivity index (χ1n) is 28.1. The summed E-state index contributed by atoms with van der Waals surface area (Å²) < 4.78 is 70.3. The zero-order valence-corrected chi connectivity index (χ0v) is 49.0. The van der Waals surface area contributed by atoms with Gasteiger partial charge in [0, 0.05) is 119 Å². The summed E-state index contributed by atoms with van der Waals surface area (Å²) in [6.45, 7) is 17.8. The Morgan fingerprint density at radius 1 is 0.919 bits per heavy atom. The van der Waals surface area contributed by atoms with Crippen molar-refractivity contribution in [1.82, 2.24) is 19.5 Å². The van der Waals surface area contributed by atoms with Gasteiger partial charge in [-0.3, -0.25) is 33.7 Å². The molecule has 3 aromatic carbocycles. The summed E-state index contributed by atoms with van der Waals surface area (Å²) in [6.07, 6.45) is 6.01. The summed E-state index contributed by atoms with van der Waals surface area (Å²) in [5, 5.41) is 77.9. The van der Waals surface area contributed by atoms with Gasteiger partial charge in [-0.2, -0.15) is 5.10 Å². The average Bonchev–Trinajstić information content (AvgIpc) is 1.59. The highest BCUT2D eigenvalue weighted by atomic mass is 19.1. The van der Waals surface area contributed by atoms with E-state index in [1.165, 1.54) is 53.2 Å². The molecule has 5 bridgehead atoms. The lowest BCUT2D eigenvalue weighted by molar-refractivity contribution is -0.160. The number of allylic oxidation sites excluding steroid dienone is 2. The van der Waals surface area contributed by atoms with E-state index in [1.807, 2.05) is 0 Å². The first kappa shape index (κ1) is 62.1. The number of piperazine rings is 1. The second-order valence-electron chi connectivity index (χ2n) is 22.7. The number of aromatic nitrogens is 2. The maximum atomic E-state index is 16.1. The van der Waals surface area contributed by atoms with Crippen molar-refractivity contribution in [3.05, 3.63) is 123 Å². The van der Waals surface area contributed by atoms with Crippen molar-refractivity contribution in [2.75, 3.05) is 56.6 Å². The highest BCUT2D eigenvalue weighted by molar-refractivity contribution is 6.24. The van der Waals surface area contributed by atoms with Crippen LogP contribution in [0.2, 0.25) is 0 Å². The van der Waals surface area contributed by atoms with Gasteiger partial charge in [-0.25, -0.2) is 18.2 Å². The molecule has 0 aliphatic carbocycles. The number of carbonyl (C=O) groups is 3. The fourth-order valence-electron chi connectivity index (χ4n) is 11.9. The Kier molecular flexibility index (Phi) is 17.7. The zero-order chi connectivity index (χ0) is 62.5. The van der Waals surface area contributed by atoms with E-state index in [-0.39, 0.29) is 73.2 Å². The number of phenols is 3. The molecule has 86 heavy (non-hydrogen) atoms. The Morgan fingerprint density at radius 3 is 2.29 bits per heavy atom. The van der Waals surface area contributed by atoms with Crippen LogP contribution in [0.25, 0.3) is 33.3 Å². The van der Waals surface area contributed by atoms with Crippen LogP contribution in [0.5, 0.6) is 23.0 Å². The molecule has 7 N–H and O–H groups in total. The third kappa shape index (κ3) is 11.6. The van der Waals surface area contributed by atoms with Crippen molar-refractivity contribution in [3.8, 4) is 28.7 Å². The predicted octanol–water partition coefficient (Wildman–Crippen LogP) is 7.63. The number of esters is 1. The molecule has 1 amide bonds. The molecule has 5 aliphatic heterocycles. The van der Waals surface area contributed by atoms with E-state index in [0.29, 0.717) is 51.8 Å². The van der Waals surface area contributed by atoms with Gasteiger partial charge in [-0.05, 0) is 44.5 Å². The predicted molar refractivity (Wildman–Crippen MR) is 314 cm³/mol. The molecule has 24 heteroatoms. The summed E-state index contributed by atoms with van der Waals surface area (Å²) >= 11 is 0. The molecule has 5 aliphatic rings. The van der Waals surface area contributed by atoms with Gasteiger partial charge >= 0.3 is 11.8 Å². The molecule has 5 aromatic rings. The maximum Gasteiger partial charge on any atom is 0.312 e. The van der Waals surface area contributed by atoms with Crippen LogP contribution >= 0.6 is 0 Å². The van der Waals surface area contributed by atoms with E-state index in [1.54, 1.807) is 49.8 Å². The Bertz CT molecular complexity index is 3750. The van der Waals surface area contributed by atoms with Gasteiger partial charge in [0.15, 0.2) is 23.0 Å². The van der Waals surface area contributed by atoms with Crippen LogP contribution in [0.4, 0.5) is 24.7 Å². The van der Waals surface area contributed by atoms with Crippen molar-refractivity contribution in [2.45, 2.75) is 98.1 Å². The van der Waals surface area contributed by atoms with Crippen molar-refractivity contribution in [1.29, 1.82) is 0 Å². The molecule has 2 fully saturated rings. The van der Waals surface area contributed by atoms with Gasteiger partial charge in [0.25, 0.3) is 11.7 Å². The second-order valence-corrected chi connectivity index (χ2v) is 22.7. The number of nitrogens with one attached hydrogen (secondary N) is 1. The van der Waals surface area contributed by atoms with Crippen LogP contribution in [0.3, 0.4) is 0 Å². The summed E-state index contributed by atoms with van der Waals surface area (Å²) in [5.74, 6) is -12.7. The number of halogens is 3. The fourth-order valence-corrected chi connectivity index (χ4v) is 11.9. The van der Waals surface area contributed by atoms with Crippen LogP contribution in [0, 0.1) is 48.0 Å². The number of methoxy groups -OCH3 is 1. The van der Waals surface area contributed by atoms with Gasteiger partial charge in [0.2, 0.25) is 5.43 Å². The van der Waals surface area contributed by atoms with Crippen LogP contribution in [-0.4, -0.2) is 157 Å². The van der Waals surface area contributed by atoms with Gasteiger partial charge in [0.1, 0.15) is 40.7 Å². The second kappa shape index (κ2) is 24.5. The SMILES string of the molecule is C=C(O)c1cn(-c2ccc(F)cc2F)c2nc(N3CCC(N4CCN(/N=C\c5c6c(O)c7c(O)c(C)c8c(c7c5O)C(=O)[C@@](C)(O/C=C/[C@H](OC)[C@@H](C)[C@@H](OC(C)=O)[C@H](C)[C@H](O)[C@H](C)[C@@H](O)[C@@H](C)/C=C/C=C(/C)C(=O)N6)O8)CC4)C3)c(F)cc2c1=O. The number of anilines is 2. The van der Waals surface area contributed by atoms with Crippen molar-refractivity contribution in [3.63, 3.8) is 0 Å². The molecule has 0 saturated carbocycles. The summed E-state index contributed by atoms with van der Waals surface area (Å²) in [7, 11) is 1.41. The molecular formula is C62H70F3N7O14. The van der Waals surface area contributed by atoms with Gasteiger partial charge < -0.3 is 59.8 Å². The standard InChI is InChI=1S/C62H70F3N7O14/c1-29-12-11-13-30(2)61(82)67-49-40(26-66-71-21-19-69(20-22-71)38-16-18-70(27-38)60-43(65)25-39-53(78)41(35(7)73)28-72(59(39)68-60)44-15-14-37(63)24-42(44)64)54(79)46-47(55(49)80)52(77)34(6)57-48(46)58(81)62(9,86-57)84-23-17-45(83-10)31(3)56(85-36(8)74)33(5)51(76)32(4)50(29)75/h11-15,17,23-26,28-29,31-33,38,45,50-51,56,73,75-77,79-80H,7,16,18-22,27H2,1-6,8-10H3,(H,67,82)/b12-11+,23-17+,30-13-,66-26-/t29-,31+,32+,33+,38?,45-,50-,51+,56+,62-/m0/s1. The lowest BCUT2D eigenvalue weighted by Crippen LogP contribution is -2.49. The Balaban J connectivity index is 1.02. The Hall–Kier alpha value is -8.45. The number of benzene rings is 3. The zero-order valence-electron chi connectivity index (χ0n) is 49.0. The Labute approximate surface area is 493 Å². The number of hydrazone groups is 1. The molecule has 1 unspecified atom stereocenters. The topological polar surface area (TPSA) is 279 Å². The summed E-state index contributed by atoms with van der Waals surface area (Å²) in [4.78, 5) is 63.2. The summed E-state index contributed by atoms with van der Waals surface area (Å²) in [6, 6.07) is 3.63. The van der Waals surface area contributed by atoms with Crippen LogP contribution in [0.15, 0.2) is 83.1 Å². The molecule has 2 saturated heterocycles. The number of ether oxygens (including phenoxy) is 4. The third-order valence-electron chi connectivity index (χ3n) is 17.0. The van der Waals surface area contributed by atoms with Crippen LogP contribution < -0.4 is 20.4 Å². The number of Topliss-reactive ketones (excluding diaryl/α,β-unsaturated/α-hetero) is 1. The van der Waals surface area contributed by atoms with Gasteiger partial charge in [0.05, 0.1) is 69.6 Å². The van der Waals surface area contributed by atoms with Crippen LogP contribution in [0.1, 0.15) is 81.9 Å². The molecular weight excluding hydrogens is 1120 g/mol. The first-order chi connectivity index (χ1) is 40.7. The number of carbonyl (C=O) groups excluding carboxylic acids is 3. The fraction of sp³-hybridized carbons (Fsp3) is 0.419. The van der Waals surface area contributed by atoms with E-state index in [4.69, 9.17) is 18.9 Å². The molecule has 10 rings (SSSR count). The number of fused-ring (bicyclic) bond motifs is 15. The van der Waals surface area contributed by atoms with E-state index in [0.717, 1.165) is 35.2 Å². The lowest BCUT2D eigenvalue weighted by atomic mass is 9.78. The van der Waals surface area contributed by atoms with E-state index in [2.05, 4.69) is 26.9 Å². The number of pyridine rings is 2. The molecule has 10 atom stereocenters. The molecule has 458 valence electrons. The number of nitrogens with zero attached hydrogens (tertiary/aromatic N) is 6. The number of rotatable bonds is 8. The van der Waals surface area contributed by atoms with Gasteiger partial charge in [-0.15, -0.1) is 0 Å². The van der Waals surface area contributed by atoms with Crippen molar-refractivity contribution < 1.29 is 77.1 Å². The number of phenolic OH excluding ortho intramolecular Hbond substituents is 3. The number of hydrogen-bond acceptors (Lipinski definition) is 19. The minimum Gasteiger partial charge on any atom is -0.508 e. The first-order valence-corrected chi connectivity index (χ1v) is 28.1. The minimum atomic E-state index is -2.15. The van der Waals surface area contributed by atoms with E-state index in [9.17, 15) is 54.2 Å². The van der Waals surface area contributed by atoms with Crippen LogP contribution in [-0.2, 0) is 23.8 Å². The largest absolute Gasteiger partial charge is 0.508 e. The quantitative estimate of drug-likeness (QED) is 0.0258. The number of hydrogen-bond donors (Lipinski definition) is 7. The average molecular weight is 1190 g/mol. The third-order valence-corrected chi connectivity index (χ3v) is 17.0. The number of aliphatic hydroxyl groups is 3. The van der Waals surface area contributed by atoms with E-state index < -0.39 is 123 Å².